The van der Waals surface area contributed by atoms with Crippen molar-refractivity contribution in [1.29, 1.82) is 0 Å². The summed E-state index contributed by atoms with van der Waals surface area (Å²) in [5.74, 6) is 0. The summed E-state index contributed by atoms with van der Waals surface area (Å²) in [6, 6.07) is 9.73. The van der Waals surface area contributed by atoms with Gasteiger partial charge in [-0.25, -0.2) is 4.79 Å². The quantitative estimate of drug-likeness (QED) is 0.855. The van der Waals surface area contributed by atoms with Crippen molar-refractivity contribution < 1.29 is 14.3 Å². The van der Waals surface area contributed by atoms with Gasteiger partial charge in [-0.3, -0.25) is 9.97 Å². The first kappa shape index (κ1) is 18.3. The maximum absolute atomic E-state index is 12.3. The average molecular weight is 356 g/mol. The lowest BCUT2D eigenvalue weighted by molar-refractivity contribution is -0.0278. The molecule has 2 aromatic rings. The van der Waals surface area contributed by atoms with E-state index in [2.05, 4.69) is 15.3 Å². The van der Waals surface area contributed by atoms with Gasteiger partial charge < -0.3 is 19.7 Å². The summed E-state index contributed by atoms with van der Waals surface area (Å²) in [6.07, 6.45) is 4.69. The standard InChI is InChI=1S/C19H24N4O3/c1-15(18-12-20-7-8-21-18)22-11-17-13-23(9-10-25-17)19(24)26-14-16-5-3-2-4-6-16/h2-8,12,15,17,22H,9-11,13-14H2,1H3. The average Bonchev–Trinajstić information content (AvgIpc) is 2.72. The van der Waals surface area contributed by atoms with Crippen molar-refractivity contribution in [3.05, 3.63) is 60.2 Å². The molecule has 0 radical (unpaired) electrons. The monoisotopic (exact) mass is 356 g/mol. The number of nitrogens with one attached hydrogen (secondary N) is 1. The van der Waals surface area contributed by atoms with Gasteiger partial charge >= 0.3 is 6.09 Å². The van der Waals surface area contributed by atoms with E-state index in [0.717, 1.165) is 11.3 Å². The Kier molecular flexibility index (Phi) is 6.51. The van der Waals surface area contributed by atoms with Gasteiger partial charge in [0.25, 0.3) is 0 Å². The molecule has 7 nitrogen and oxygen atoms in total. The highest BCUT2D eigenvalue weighted by Crippen LogP contribution is 2.11. The molecule has 1 aliphatic heterocycles. The van der Waals surface area contributed by atoms with Gasteiger partial charge in [0.15, 0.2) is 0 Å². The van der Waals surface area contributed by atoms with E-state index in [1.54, 1.807) is 23.5 Å². The molecule has 2 unspecified atom stereocenters. The highest BCUT2D eigenvalue weighted by atomic mass is 16.6. The summed E-state index contributed by atoms with van der Waals surface area (Å²) < 4.78 is 11.2. The SMILES string of the molecule is CC(NCC1CN(C(=O)OCc2ccccc2)CCO1)c1cnccn1. The van der Waals surface area contributed by atoms with Crippen LogP contribution in [0.3, 0.4) is 0 Å². The summed E-state index contributed by atoms with van der Waals surface area (Å²) in [5, 5.41) is 3.38. The van der Waals surface area contributed by atoms with E-state index in [1.165, 1.54) is 0 Å². The first-order chi connectivity index (χ1) is 12.7. The van der Waals surface area contributed by atoms with Gasteiger partial charge in [-0.2, -0.15) is 0 Å². The molecule has 7 heteroatoms. The molecule has 1 N–H and O–H groups in total. The number of carbonyl (C=O) groups excluding carboxylic acids is 1. The molecule has 0 aliphatic carbocycles. The van der Waals surface area contributed by atoms with Gasteiger partial charge in [-0.05, 0) is 12.5 Å². The highest BCUT2D eigenvalue weighted by molar-refractivity contribution is 5.67. The molecule has 3 rings (SSSR count). The first-order valence-electron chi connectivity index (χ1n) is 8.79. The van der Waals surface area contributed by atoms with Crippen LogP contribution < -0.4 is 5.32 Å². The third-order valence-corrected chi connectivity index (χ3v) is 4.28. The number of nitrogens with zero attached hydrogens (tertiary/aromatic N) is 3. The fraction of sp³-hybridized carbons (Fsp3) is 0.421. The lowest BCUT2D eigenvalue weighted by Gasteiger charge is -2.33. The minimum atomic E-state index is -0.302. The normalized spacial score (nSPS) is 18.3. The minimum Gasteiger partial charge on any atom is -0.445 e. The molecule has 1 aromatic heterocycles. The Hall–Kier alpha value is -2.51. The molecule has 138 valence electrons. The third kappa shape index (κ3) is 5.24. The number of amides is 1. The van der Waals surface area contributed by atoms with Gasteiger partial charge in [-0.15, -0.1) is 0 Å². The van der Waals surface area contributed by atoms with Crippen LogP contribution in [-0.2, 0) is 16.1 Å². The van der Waals surface area contributed by atoms with E-state index in [4.69, 9.17) is 9.47 Å². The number of hydrogen-bond donors (Lipinski definition) is 1. The zero-order valence-corrected chi connectivity index (χ0v) is 14.9. The predicted molar refractivity (Wildman–Crippen MR) is 96.4 cm³/mol. The van der Waals surface area contributed by atoms with Gasteiger partial charge in [0.05, 0.1) is 24.9 Å². The topological polar surface area (TPSA) is 76.6 Å². The fourth-order valence-electron chi connectivity index (χ4n) is 2.77. The van der Waals surface area contributed by atoms with Gasteiger partial charge in [-0.1, -0.05) is 30.3 Å². The molecule has 1 saturated heterocycles. The number of aromatic nitrogens is 2. The molecule has 1 aliphatic rings. The summed E-state index contributed by atoms with van der Waals surface area (Å²) >= 11 is 0. The predicted octanol–water partition coefficient (Wildman–Crippen LogP) is 2.16. The van der Waals surface area contributed by atoms with Crippen molar-refractivity contribution in [2.75, 3.05) is 26.2 Å². The van der Waals surface area contributed by atoms with Crippen LogP contribution in [0, 0.1) is 0 Å². The van der Waals surface area contributed by atoms with Crippen LogP contribution in [0.15, 0.2) is 48.9 Å². The number of carbonyl (C=O) groups is 1. The summed E-state index contributed by atoms with van der Waals surface area (Å²) in [7, 11) is 0. The number of ether oxygens (including phenoxy) is 2. The molecule has 2 atom stereocenters. The Morgan fingerprint density at radius 1 is 1.38 bits per heavy atom. The fourth-order valence-corrected chi connectivity index (χ4v) is 2.77. The smallest absolute Gasteiger partial charge is 0.410 e. The van der Waals surface area contributed by atoms with Crippen molar-refractivity contribution in [3.8, 4) is 0 Å². The molecular weight excluding hydrogens is 332 g/mol. The molecule has 1 aromatic carbocycles. The number of morpholine rings is 1. The summed E-state index contributed by atoms with van der Waals surface area (Å²) in [5.41, 5.74) is 1.85. The zero-order valence-electron chi connectivity index (χ0n) is 14.9. The third-order valence-electron chi connectivity index (χ3n) is 4.28. The van der Waals surface area contributed by atoms with Gasteiger partial charge in [0, 0.05) is 37.7 Å². The molecule has 0 bridgehead atoms. The summed E-state index contributed by atoms with van der Waals surface area (Å²) in [6.45, 7) is 4.49. The van der Waals surface area contributed by atoms with Crippen molar-refractivity contribution in [1.82, 2.24) is 20.2 Å². The first-order valence-corrected chi connectivity index (χ1v) is 8.79. The van der Waals surface area contributed by atoms with Crippen LogP contribution in [-0.4, -0.2) is 53.3 Å². The molecule has 0 spiro atoms. The highest BCUT2D eigenvalue weighted by Gasteiger charge is 2.25. The molecule has 2 heterocycles. The van der Waals surface area contributed by atoms with Crippen LogP contribution >= 0.6 is 0 Å². The lowest BCUT2D eigenvalue weighted by Crippen LogP contribution is -2.49. The minimum absolute atomic E-state index is 0.0627. The van der Waals surface area contributed by atoms with E-state index in [0.29, 0.717) is 26.2 Å². The van der Waals surface area contributed by atoms with E-state index in [1.807, 2.05) is 37.3 Å². The van der Waals surface area contributed by atoms with Crippen LogP contribution in [0.5, 0.6) is 0 Å². The van der Waals surface area contributed by atoms with E-state index < -0.39 is 0 Å². The van der Waals surface area contributed by atoms with E-state index in [9.17, 15) is 4.79 Å². The van der Waals surface area contributed by atoms with Crippen molar-refractivity contribution in [2.24, 2.45) is 0 Å². The second-order valence-electron chi connectivity index (χ2n) is 6.24. The van der Waals surface area contributed by atoms with E-state index in [-0.39, 0.29) is 24.8 Å². The number of benzene rings is 1. The molecule has 26 heavy (non-hydrogen) atoms. The second kappa shape index (κ2) is 9.26. The second-order valence-corrected chi connectivity index (χ2v) is 6.24. The van der Waals surface area contributed by atoms with Crippen LogP contribution in [0.1, 0.15) is 24.2 Å². The number of hydrogen-bond acceptors (Lipinski definition) is 6. The van der Waals surface area contributed by atoms with Gasteiger partial charge in [0.1, 0.15) is 6.61 Å². The van der Waals surface area contributed by atoms with Crippen molar-refractivity contribution in [3.63, 3.8) is 0 Å². The van der Waals surface area contributed by atoms with Crippen molar-refractivity contribution in [2.45, 2.75) is 25.7 Å². The molecule has 0 saturated carbocycles. The zero-order chi connectivity index (χ0) is 18.2. The van der Waals surface area contributed by atoms with Crippen LogP contribution in [0.25, 0.3) is 0 Å². The van der Waals surface area contributed by atoms with Gasteiger partial charge in [0.2, 0.25) is 0 Å². The Labute approximate surface area is 153 Å². The molecule has 1 fully saturated rings. The lowest BCUT2D eigenvalue weighted by atomic mass is 10.2. The largest absolute Gasteiger partial charge is 0.445 e. The van der Waals surface area contributed by atoms with Crippen LogP contribution in [0.2, 0.25) is 0 Å². The Balaban J connectivity index is 1.44. The molecule has 1 amide bonds. The maximum atomic E-state index is 12.3. The Bertz CT molecular complexity index is 684. The van der Waals surface area contributed by atoms with Crippen LogP contribution in [0.4, 0.5) is 4.79 Å². The Morgan fingerprint density at radius 2 is 2.23 bits per heavy atom. The maximum Gasteiger partial charge on any atom is 0.410 e. The summed E-state index contributed by atoms with van der Waals surface area (Å²) in [4.78, 5) is 22.4. The number of rotatable bonds is 6. The van der Waals surface area contributed by atoms with Crippen molar-refractivity contribution >= 4 is 6.09 Å². The molecular formula is C19H24N4O3. The van der Waals surface area contributed by atoms with E-state index >= 15 is 0 Å². The Morgan fingerprint density at radius 3 is 3.00 bits per heavy atom.